The van der Waals surface area contributed by atoms with Crippen molar-refractivity contribution in [2.45, 2.75) is 26.4 Å². The molecule has 9 heteroatoms. The Bertz CT molecular complexity index is 910. The maximum Gasteiger partial charge on any atom is 0.326 e. The molecule has 0 aliphatic rings. The lowest BCUT2D eigenvalue weighted by molar-refractivity contribution is -0.143. The largest absolute Gasteiger partial charge is 0.496 e. The molecule has 27 heavy (non-hydrogen) atoms. The fourth-order valence-corrected chi connectivity index (χ4v) is 2.45. The molecule has 144 valence electrons. The zero-order valence-corrected chi connectivity index (χ0v) is 15.1. The summed E-state index contributed by atoms with van der Waals surface area (Å²) in [5.41, 5.74) is 0.211. The van der Waals surface area contributed by atoms with Gasteiger partial charge in [-0.3, -0.25) is 9.59 Å². The topological polar surface area (TPSA) is 111 Å². The minimum absolute atomic E-state index is 0.225. The highest BCUT2D eigenvalue weighted by Gasteiger charge is 2.23. The Balaban J connectivity index is 2.29. The maximum atomic E-state index is 13.4. The van der Waals surface area contributed by atoms with Crippen LogP contribution in [0.25, 0.3) is 11.3 Å². The second-order valence-electron chi connectivity index (χ2n) is 6.19. The van der Waals surface area contributed by atoms with E-state index >= 15 is 0 Å². The van der Waals surface area contributed by atoms with Crippen LogP contribution < -0.4 is 15.6 Å². The molecule has 1 aromatic heterocycles. The van der Waals surface area contributed by atoms with E-state index in [1.54, 1.807) is 13.8 Å². The van der Waals surface area contributed by atoms with Crippen molar-refractivity contribution < 1.29 is 23.8 Å². The molecule has 1 heterocycles. The van der Waals surface area contributed by atoms with Crippen LogP contribution in [0.3, 0.4) is 0 Å². The Labute approximate surface area is 154 Å². The fraction of sp³-hybridized carbons (Fsp3) is 0.333. The Hall–Kier alpha value is -3.23. The summed E-state index contributed by atoms with van der Waals surface area (Å²) in [6.07, 6.45) is 0. The third-order valence-electron chi connectivity index (χ3n) is 3.85. The van der Waals surface area contributed by atoms with Gasteiger partial charge in [-0.15, -0.1) is 0 Å². The van der Waals surface area contributed by atoms with Gasteiger partial charge in [0.05, 0.1) is 12.8 Å². The number of rotatable bonds is 7. The normalized spacial score (nSPS) is 11.9. The first-order chi connectivity index (χ1) is 12.7. The molecular formula is C18H20FN3O5. The number of amides is 1. The van der Waals surface area contributed by atoms with Crippen molar-refractivity contribution >= 4 is 11.9 Å². The highest BCUT2D eigenvalue weighted by Crippen LogP contribution is 2.28. The van der Waals surface area contributed by atoms with Crippen LogP contribution in [0.4, 0.5) is 4.39 Å². The lowest BCUT2D eigenvalue weighted by Crippen LogP contribution is -2.46. The van der Waals surface area contributed by atoms with E-state index in [1.165, 1.54) is 37.4 Å². The molecule has 2 aromatic rings. The third kappa shape index (κ3) is 4.90. The van der Waals surface area contributed by atoms with Gasteiger partial charge in [0.2, 0.25) is 5.91 Å². The Morgan fingerprint density at radius 2 is 2.00 bits per heavy atom. The first kappa shape index (κ1) is 20.1. The van der Waals surface area contributed by atoms with E-state index in [1.807, 2.05) is 0 Å². The second-order valence-corrected chi connectivity index (χ2v) is 6.19. The van der Waals surface area contributed by atoms with Gasteiger partial charge in [0.15, 0.2) is 0 Å². The van der Waals surface area contributed by atoms with Crippen molar-refractivity contribution in [2.24, 2.45) is 5.92 Å². The number of nitrogens with one attached hydrogen (secondary N) is 1. The highest BCUT2D eigenvalue weighted by atomic mass is 19.1. The highest BCUT2D eigenvalue weighted by molar-refractivity contribution is 5.83. The number of carbonyl (C=O) groups excluding carboxylic acids is 1. The lowest BCUT2D eigenvalue weighted by atomic mass is 10.1. The fourth-order valence-electron chi connectivity index (χ4n) is 2.45. The summed E-state index contributed by atoms with van der Waals surface area (Å²) in [4.78, 5) is 35.4. The monoisotopic (exact) mass is 377 g/mol. The molecule has 0 aliphatic carbocycles. The second kappa shape index (κ2) is 8.43. The Morgan fingerprint density at radius 1 is 1.30 bits per heavy atom. The summed E-state index contributed by atoms with van der Waals surface area (Å²) < 4.78 is 19.4. The summed E-state index contributed by atoms with van der Waals surface area (Å²) in [6.45, 7) is 2.86. The van der Waals surface area contributed by atoms with Gasteiger partial charge < -0.3 is 15.2 Å². The molecule has 1 amide bonds. The Morgan fingerprint density at radius 3 is 2.59 bits per heavy atom. The lowest BCUT2D eigenvalue weighted by Gasteiger charge is -2.18. The Kier molecular flexibility index (Phi) is 6.27. The van der Waals surface area contributed by atoms with Crippen molar-refractivity contribution in [3.05, 3.63) is 46.5 Å². The molecule has 0 bridgehead atoms. The van der Waals surface area contributed by atoms with Gasteiger partial charge in [0, 0.05) is 17.7 Å². The molecule has 0 fully saturated rings. The molecule has 1 aromatic carbocycles. The van der Waals surface area contributed by atoms with Crippen LogP contribution in [0, 0.1) is 11.7 Å². The average Bonchev–Trinajstić information content (AvgIpc) is 2.61. The zero-order chi connectivity index (χ0) is 20.1. The van der Waals surface area contributed by atoms with Crippen LogP contribution in [0.15, 0.2) is 35.1 Å². The quantitative estimate of drug-likeness (QED) is 0.752. The van der Waals surface area contributed by atoms with E-state index in [0.717, 1.165) is 4.68 Å². The molecule has 0 spiro atoms. The van der Waals surface area contributed by atoms with E-state index in [-0.39, 0.29) is 11.7 Å². The molecule has 2 rings (SSSR count). The van der Waals surface area contributed by atoms with Gasteiger partial charge in [0.1, 0.15) is 24.2 Å². The predicted octanol–water partition coefficient (Wildman–Crippen LogP) is 1.28. The predicted molar refractivity (Wildman–Crippen MR) is 94.8 cm³/mol. The van der Waals surface area contributed by atoms with Crippen LogP contribution in [-0.4, -0.2) is 39.9 Å². The molecule has 0 saturated heterocycles. The molecule has 0 aliphatic heterocycles. The number of carboxylic acid groups (broad SMARTS) is 1. The molecule has 0 unspecified atom stereocenters. The van der Waals surface area contributed by atoms with Gasteiger partial charge in [-0.25, -0.2) is 13.9 Å². The van der Waals surface area contributed by atoms with Crippen LogP contribution in [0.5, 0.6) is 5.75 Å². The number of benzene rings is 1. The number of carboxylic acids is 1. The van der Waals surface area contributed by atoms with E-state index in [2.05, 4.69) is 10.4 Å². The number of nitrogens with zero attached hydrogens (tertiary/aromatic N) is 2. The van der Waals surface area contributed by atoms with Gasteiger partial charge in [-0.2, -0.15) is 5.10 Å². The van der Waals surface area contributed by atoms with Crippen LogP contribution >= 0.6 is 0 Å². The van der Waals surface area contributed by atoms with E-state index in [4.69, 9.17) is 9.84 Å². The number of carbonyl (C=O) groups is 2. The summed E-state index contributed by atoms with van der Waals surface area (Å²) in [5.74, 6) is -2.41. The first-order valence-corrected chi connectivity index (χ1v) is 8.17. The zero-order valence-electron chi connectivity index (χ0n) is 15.1. The van der Waals surface area contributed by atoms with E-state index in [9.17, 15) is 18.8 Å². The number of hydrogen-bond acceptors (Lipinski definition) is 5. The van der Waals surface area contributed by atoms with E-state index < -0.39 is 35.8 Å². The van der Waals surface area contributed by atoms with Gasteiger partial charge in [-0.1, -0.05) is 13.8 Å². The summed E-state index contributed by atoms with van der Waals surface area (Å²) >= 11 is 0. The number of aliphatic carboxylic acids is 1. The van der Waals surface area contributed by atoms with Crippen LogP contribution in [0.1, 0.15) is 13.8 Å². The molecular weight excluding hydrogens is 357 g/mol. The minimum Gasteiger partial charge on any atom is -0.496 e. The summed E-state index contributed by atoms with van der Waals surface area (Å²) in [6, 6.07) is 5.43. The first-order valence-electron chi connectivity index (χ1n) is 8.17. The van der Waals surface area contributed by atoms with Crippen molar-refractivity contribution in [3.8, 4) is 17.0 Å². The van der Waals surface area contributed by atoms with Crippen molar-refractivity contribution in [3.63, 3.8) is 0 Å². The van der Waals surface area contributed by atoms with Crippen LogP contribution in [-0.2, 0) is 16.1 Å². The van der Waals surface area contributed by atoms with Gasteiger partial charge in [0.25, 0.3) is 5.56 Å². The number of ether oxygens (including phenoxy) is 1. The van der Waals surface area contributed by atoms with E-state index in [0.29, 0.717) is 11.3 Å². The number of halogens is 1. The smallest absolute Gasteiger partial charge is 0.326 e. The summed E-state index contributed by atoms with van der Waals surface area (Å²) in [5, 5.41) is 15.6. The number of methoxy groups -OCH3 is 1. The SMILES string of the molecule is COc1cc(F)ccc1-c1ccc(=O)n(CC(=O)N[C@@H](C(=O)O)C(C)C)n1. The third-order valence-corrected chi connectivity index (χ3v) is 3.85. The summed E-state index contributed by atoms with van der Waals surface area (Å²) in [7, 11) is 1.37. The number of aromatic nitrogens is 2. The van der Waals surface area contributed by atoms with Gasteiger partial charge in [-0.05, 0) is 24.1 Å². The van der Waals surface area contributed by atoms with Crippen molar-refractivity contribution in [1.82, 2.24) is 15.1 Å². The minimum atomic E-state index is -1.16. The maximum absolute atomic E-state index is 13.4. The van der Waals surface area contributed by atoms with Crippen molar-refractivity contribution in [1.29, 1.82) is 0 Å². The van der Waals surface area contributed by atoms with Crippen LogP contribution in [0.2, 0.25) is 0 Å². The molecule has 1 atom stereocenters. The average molecular weight is 377 g/mol. The van der Waals surface area contributed by atoms with Gasteiger partial charge >= 0.3 is 5.97 Å². The molecule has 8 nitrogen and oxygen atoms in total. The van der Waals surface area contributed by atoms with Crippen molar-refractivity contribution in [2.75, 3.05) is 7.11 Å². The standard InChI is InChI=1S/C18H20FN3O5/c1-10(2)17(18(25)26)20-15(23)9-22-16(24)7-6-13(21-22)12-5-4-11(19)8-14(12)27-3/h4-8,10,17H,9H2,1-3H3,(H,20,23)(H,25,26)/t17-/m1/s1. The molecule has 0 radical (unpaired) electrons. The molecule has 0 saturated carbocycles. The number of hydrogen-bond donors (Lipinski definition) is 2. The molecule has 2 N–H and O–H groups in total.